The number of hydrogen-bond donors (Lipinski definition) is 3. The summed E-state index contributed by atoms with van der Waals surface area (Å²) < 4.78 is 0. The van der Waals surface area contributed by atoms with E-state index in [0.717, 1.165) is 28.4 Å². The summed E-state index contributed by atoms with van der Waals surface area (Å²) in [6, 6.07) is 2.09. The minimum atomic E-state index is 0.107. The van der Waals surface area contributed by atoms with Crippen molar-refractivity contribution in [3.63, 3.8) is 0 Å². The van der Waals surface area contributed by atoms with Crippen LogP contribution >= 0.6 is 11.3 Å². The van der Waals surface area contributed by atoms with Crippen LogP contribution in [0.4, 0.5) is 11.5 Å². The first kappa shape index (κ1) is 10.6. The Hall–Kier alpha value is -1.59. The van der Waals surface area contributed by atoms with Crippen LogP contribution in [0.3, 0.4) is 0 Å². The largest absolute Gasteiger partial charge is 0.395 e. The number of aliphatic hydroxyl groups is 1. The monoisotopic (exact) mass is 247 g/mol. The molecule has 1 aliphatic heterocycles. The lowest BCUT2D eigenvalue weighted by atomic mass is 10.1. The Bertz CT molecular complexity index is 576. The van der Waals surface area contributed by atoms with Gasteiger partial charge in [-0.15, -0.1) is 11.3 Å². The van der Waals surface area contributed by atoms with Crippen LogP contribution in [0.1, 0.15) is 5.56 Å². The summed E-state index contributed by atoms with van der Waals surface area (Å²) in [6.45, 7) is 1.47. The summed E-state index contributed by atoms with van der Waals surface area (Å²) in [6.07, 6.45) is 4.15. The van der Waals surface area contributed by atoms with Gasteiger partial charge in [0.25, 0.3) is 0 Å². The molecule has 0 aliphatic carbocycles. The smallest absolute Gasteiger partial charge is 0.137 e. The first-order valence-electron chi connectivity index (χ1n) is 5.56. The quantitative estimate of drug-likeness (QED) is 0.778. The fraction of sp³-hybridized carbons (Fsp3) is 0.250. The Morgan fingerprint density at radius 2 is 2.47 bits per heavy atom. The second kappa shape index (κ2) is 4.35. The summed E-state index contributed by atoms with van der Waals surface area (Å²) in [5, 5.41) is 18.6. The van der Waals surface area contributed by atoms with E-state index >= 15 is 0 Å². The Kier molecular flexibility index (Phi) is 2.70. The molecule has 0 unspecified atom stereocenters. The van der Waals surface area contributed by atoms with Crippen LogP contribution in [0.15, 0.2) is 17.5 Å². The molecule has 0 radical (unpaired) electrons. The summed E-state index contributed by atoms with van der Waals surface area (Å²) in [7, 11) is 0. The maximum absolute atomic E-state index is 8.88. The number of pyridine rings is 1. The Morgan fingerprint density at radius 3 is 3.35 bits per heavy atom. The molecule has 1 aliphatic rings. The summed E-state index contributed by atoms with van der Waals surface area (Å²) >= 11 is 1.63. The normalized spacial score (nSPS) is 13.5. The highest BCUT2D eigenvalue weighted by atomic mass is 32.1. The van der Waals surface area contributed by atoms with Gasteiger partial charge in [0.1, 0.15) is 10.6 Å². The van der Waals surface area contributed by atoms with Gasteiger partial charge in [0.15, 0.2) is 0 Å². The molecule has 2 aromatic rings. The Morgan fingerprint density at radius 1 is 1.53 bits per heavy atom. The highest BCUT2D eigenvalue weighted by molar-refractivity contribution is 7.16. The van der Waals surface area contributed by atoms with Crippen molar-refractivity contribution in [2.45, 2.75) is 0 Å². The fourth-order valence-electron chi connectivity index (χ4n) is 2.00. The highest BCUT2D eigenvalue weighted by Gasteiger charge is 2.15. The Labute approximate surface area is 103 Å². The summed E-state index contributed by atoms with van der Waals surface area (Å²) in [4.78, 5) is 5.61. The zero-order valence-electron chi connectivity index (χ0n) is 9.23. The molecule has 3 N–H and O–H groups in total. The molecule has 0 spiro atoms. The summed E-state index contributed by atoms with van der Waals surface area (Å²) in [5.74, 6) is 0.840. The molecule has 0 amide bonds. The zero-order chi connectivity index (χ0) is 11.7. The van der Waals surface area contributed by atoms with Gasteiger partial charge in [-0.05, 0) is 11.4 Å². The van der Waals surface area contributed by atoms with E-state index in [1.807, 2.05) is 5.38 Å². The molecule has 0 fully saturated rings. The van der Waals surface area contributed by atoms with Gasteiger partial charge in [-0.1, -0.05) is 12.2 Å². The van der Waals surface area contributed by atoms with Gasteiger partial charge in [-0.3, -0.25) is 0 Å². The predicted octanol–water partition coefficient (Wildman–Crippen LogP) is 2.14. The van der Waals surface area contributed by atoms with E-state index in [9.17, 15) is 0 Å². The van der Waals surface area contributed by atoms with Crippen molar-refractivity contribution in [2.75, 3.05) is 30.3 Å². The van der Waals surface area contributed by atoms with Crippen molar-refractivity contribution in [3.05, 3.63) is 23.1 Å². The van der Waals surface area contributed by atoms with Crippen molar-refractivity contribution < 1.29 is 5.11 Å². The maximum Gasteiger partial charge on any atom is 0.137 e. The molecule has 17 heavy (non-hydrogen) atoms. The van der Waals surface area contributed by atoms with Gasteiger partial charge in [-0.25, -0.2) is 4.98 Å². The molecular weight excluding hydrogens is 234 g/mol. The first-order valence-corrected chi connectivity index (χ1v) is 6.44. The molecular formula is C12H13N3OS. The minimum Gasteiger partial charge on any atom is -0.395 e. The third kappa shape index (κ3) is 1.77. The van der Waals surface area contributed by atoms with Gasteiger partial charge < -0.3 is 15.7 Å². The molecule has 4 nitrogen and oxygen atoms in total. The number of fused-ring (bicyclic) bond motifs is 3. The highest BCUT2D eigenvalue weighted by Crippen LogP contribution is 2.36. The molecule has 3 heterocycles. The average Bonchev–Trinajstić information content (AvgIpc) is 2.84. The zero-order valence-corrected chi connectivity index (χ0v) is 10.0. The van der Waals surface area contributed by atoms with Crippen LogP contribution in [0, 0.1) is 0 Å². The molecule has 0 saturated heterocycles. The van der Waals surface area contributed by atoms with E-state index < -0.39 is 0 Å². The van der Waals surface area contributed by atoms with E-state index in [2.05, 4.69) is 33.8 Å². The second-order valence-corrected chi connectivity index (χ2v) is 4.72. The number of hydrogen-bond acceptors (Lipinski definition) is 5. The molecule has 0 saturated carbocycles. The van der Waals surface area contributed by atoms with E-state index in [1.54, 1.807) is 11.3 Å². The number of nitrogens with one attached hydrogen (secondary N) is 2. The maximum atomic E-state index is 8.88. The first-order chi connectivity index (χ1) is 8.40. The van der Waals surface area contributed by atoms with E-state index in [4.69, 9.17) is 5.11 Å². The van der Waals surface area contributed by atoms with Crippen LogP contribution < -0.4 is 10.6 Å². The lowest BCUT2D eigenvalue weighted by Gasteiger charge is -2.17. The van der Waals surface area contributed by atoms with E-state index in [-0.39, 0.29) is 6.61 Å². The second-order valence-electron chi connectivity index (χ2n) is 3.82. The molecule has 0 aromatic carbocycles. The number of nitrogens with zero attached hydrogens (tertiary/aromatic N) is 1. The van der Waals surface area contributed by atoms with Crippen LogP contribution in [0.5, 0.6) is 0 Å². The topological polar surface area (TPSA) is 57.2 Å². The van der Waals surface area contributed by atoms with E-state index in [0.29, 0.717) is 6.54 Å². The number of aliphatic hydroxyl groups excluding tert-OH is 1. The van der Waals surface area contributed by atoms with Crippen LogP contribution in [0.25, 0.3) is 16.3 Å². The number of rotatable bonds is 3. The van der Waals surface area contributed by atoms with Crippen LogP contribution in [-0.2, 0) is 0 Å². The molecule has 3 rings (SSSR count). The van der Waals surface area contributed by atoms with Crippen LogP contribution in [-0.4, -0.2) is 29.8 Å². The standard InChI is InChI=1S/C12H13N3OS/c16-6-5-14-11-8-2-1-4-13-10(8)9-3-7-17-12(9)15-11/h1-3,7,13,16H,4-6H2,(H,14,15). The van der Waals surface area contributed by atoms with Crippen LogP contribution in [0.2, 0.25) is 0 Å². The molecule has 2 aromatic heterocycles. The van der Waals surface area contributed by atoms with Gasteiger partial charge in [0, 0.05) is 24.0 Å². The van der Waals surface area contributed by atoms with Crippen molar-refractivity contribution in [1.82, 2.24) is 4.98 Å². The SMILES string of the molecule is OCCNc1nc2sccc2c2c1C=CCN2. The van der Waals surface area contributed by atoms with Gasteiger partial charge >= 0.3 is 0 Å². The lowest BCUT2D eigenvalue weighted by Crippen LogP contribution is -2.12. The molecule has 0 bridgehead atoms. The third-order valence-electron chi connectivity index (χ3n) is 2.74. The molecule has 0 atom stereocenters. The van der Waals surface area contributed by atoms with Crippen molar-refractivity contribution >= 4 is 39.1 Å². The predicted molar refractivity (Wildman–Crippen MR) is 72.7 cm³/mol. The van der Waals surface area contributed by atoms with Crippen molar-refractivity contribution in [3.8, 4) is 0 Å². The molecule has 5 heteroatoms. The fourth-order valence-corrected chi connectivity index (χ4v) is 2.78. The summed E-state index contributed by atoms with van der Waals surface area (Å²) in [5.41, 5.74) is 2.22. The average molecular weight is 247 g/mol. The minimum absolute atomic E-state index is 0.107. The number of aromatic nitrogens is 1. The van der Waals surface area contributed by atoms with Gasteiger partial charge in [0.05, 0.1) is 12.3 Å². The van der Waals surface area contributed by atoms with Crippen molar-refractivity contribution in [1.29, 1.82) is 0 Å². The van der Waals surface area contributed by atoms with Crippen molar-refractivity contribution in [2.24, 2.45) is 0 Å². The number of anilines is 2. The van der Waals surface area contributed by atoms with E-state index in [1.165, 1.54) is 5.39 Å². The lowest BCUT2D eigenvalue weighted by molar-refractivity contribution is 0.311. The van der Waals surface area contributed by atoms with Gasteiger partial charge in [0.2, 0.25) is 0 Å². The third-order valence-corrected chi connectivity index (χ3v) is 3.54. The molecule has 88 valence electrons. The Balaban J connectivity index is 2.17. The number of thiophene rings is 1. The van der Waals surface area contributed by atoms with Gasteiger partial charge in [-0.2, -0.15) is 0 Å².